The number of nitrogens with zero attached hydrogens (tertiary/aromatic N) is 1. The molecule has 1 aliphatic carbocycles. The maximum absolute atomic E-state index is 8.64. The molecule has 94 valence electrons. The van der Waals surface area contributed by atoms with Gasteiger partial charge in [-0.1, -0.05) is 30.8 Å². The smallest absolute Gasteiger partial charge is 0.170 e. The van der Waals surface area contributed by atoms with E-state index >= 15 is 0 Å². The molecule has 0 bridgehead atoms. The summed E-state index contributed by atoms with van der Waals surface area (Å²) < 4.78 is 3.09. The first-order valence-electron chi connectivity index (χ1n) is 5.72. The fourth-order valence-electron chi connectivity index (χ4n) is 2.40. The number of thiol groups is 1. The molecule has 1 fully saturated rings. The van der Waals surface area contributed by atoms with Crippen molar-refractivity contribution in [3.63, 3.8) is 0 Å². The van der Waals surface area contributed by atoms with Crippen LogP contribution in [0, 0.1) is 5.92 Å². The van der Waals surface area contributed by atoms with E-state index in [4.69, 9.17) is 10.9 Å². The van der Waals surface area contributed by atoms with E-state index in [1.54, 1.807) is 11.3 Å². The molecular formula is C11H17N3OS2. The number of hydrogen-bond donors (Lipinski definition) is 4. The molecule has 1 aromatic rings. The van der Waals surface area contributed by atoms with E-state index in [1.165, 1.54) is 30.6 Å². The summed E-state index contributed by atoms with van der Waals surface area (Å²) in [5.74, 6) is 0.808. The summed E-state index contributed by atoms with van der Waals surface area (Å²) in [5, 5.41) is 13.6. The third kappa shape index (κ3) is 2.75. The lowest BCUT2D eigenvalue weighted by Crippen LogP contribution is -2.19. The van der Waals surface area contributed by atoms with Gasteiger partial charge in [0.15, 0.2) is 5.84 Å². The van der Waals surface area contributed by atoms with Gasteiger partial charge in [-0.05, 0) is 24.8 Å². The first-order chi connectivity index (χ1) is 8.26. The predicted octanol–water partition coefficient (Wildman–Crippen LogP) is 2.51. The van der Waals surface area contributed by atoms with Crippen LogP contribution < -0.4 is 10.5 Å². The summed E-state index contributed by atoms with van der Waals surface area (Å²) in [7, 11) is 0. The SMILES string of the molecule is N/C(=N\O)c1csc(C(NS)C2CCCC2)c1. The number of thiophene rings is 1. The second kappa shape index (κ2) is 5.75. The summed E-state index contributed by atoms with van der Waals surface area (Å²) in [5.41, 5.74) is 6.35. The highest BCUT2D eigenvalue weighted by atomic mass is 32.1. The number of hydrogen-bond acceptors (Lipinski definition) is 5. The zero-order valence-electron chi connectivity index (χ0n) is 9.47. The summed E-state index contributed by atoms with van der Waals surface area (Å²) in [6, 6.07) is 2.25. The van der Waals surface area contributed by atoms with Crippen molar-refractivity contribution in [1.82, 2.24) is 4.72 Å². The lowest BCUT2D eigenvalue weighted by molar-refractivity contribution is 0.318. The molecule has 1 heterocycles. The minimum absolute atomic E-state index is 0.164. The van der Waals surface area contributed by atoms with Crippen LogP contribution in [0.4, 0.5) is 0 Å². The molecular weight excluding hydrogens is 254 g/mol. The molecule has 4 N–H and O–H groups in total. The van der Waals surface area contributed by atoms with Gasteiger partial charge < -0.3 is 10.9 Å². The number of amidine groups is 1. The van der Waals surface area contributed by atoms with E-state index in [2.05, 4.69) is 22.7 Å². The van der Waals surface area contributed by atoms with Gasteiger partial charge in [0.05, 0.1) is 6.04 Å². The fraction of sp³-hybridized carbons (Fsp3) is 0.545. The Balaban J connectivity index is 2.16. The van der Waals surface area contributed by atoms with Crippen LogP contribution in [0.2, 0.25) is 0 Å². The molecule has 1 unspecified atom stereocenters. The van der Waals surface area contributed by atoms with Crippen LogP contribution in [-0.2, 0) is 0 Å². The van der Waals surface area contributed by atoms with E-state index in [0.29, 0.717) is 5.92 Å². The van der Waals surface area contributed by atoms with Gasteiger partial charge in [0.25, 0.3) is 0 Å². The summed E-state index contributed by atoms with van der Waals surface area (Å²) in [4.78, 5) is 1.20. The van der Waals surface area contributed by atoms with Crippen LogP contribution in [0.5, 0.6) is 0 Å². The Morgan fingerprint density at radius 3 is 2.88 bits per heavy atom. The van der Waals surface area contributed by atoms with E-state index in [-0.39, 0.29) is 11.9 Å². The van der Waals surface area contributed by atoms with Crippen LogP contribution in [0.3, 0.4) is 0 Å². The van der Waals surface area contributed by atoms with Crippen LogP contribution in [-0.4, -0.2) is 11.0 Å². The zero-order chi connectivity index (χ0) is 12.3. The van der Waals surface area contributed by atoms with Crippen molar-refractivity contribution >= 4 is 30.0 Å². The normalized spacial score (nSPS) is 19.7. The van der Waals surface area contributed by atoms with Gasteiger partial charge >= 0.3 is 0 Å². The van der Waals surface area contributed by atoms with Crippen LogP contribution in [0.25, 0.3) is 0 Å². The first-order valence-corrected chi connectivity index (χ1v) is 7.05. The van der Waals surface area contributed by atoms with Crippen LogP contribution in [0.1, 0.15) is 42.2 Å². The van der Waals surface area contributed by atoms with Gasteiger partial charge in [-0.25, -0.2) is 0 Å². The standard InChI is InChI=1S/C11H17N3OS2/c12-11(13-15)8-5-9(17-6-8)10(14-16)7-3-1-2-4-7/h5-7,10,14-16H,1-4H2,(H2,12,13). The van der Waals surface area contributed by atoms with Crippen molar-refractivity contribution in [1.29, 1.82) is 0 Å². The number of rotatable bonds is 4. The van der Waals surface area contributed by atoms with Gasteiger partial charge in [0, 0.05) is 15.8 Å². The van der Waals surface area contributed by atoms with E-state index in [0.717, 1.165) is 5.56 Å². The minimum atomic E-state index is 0.164. The van der Waals surface area contributed by atoms with Crippen molar-refractivity contribution in [2.24, 2.45) is 16.8 Å². The van der Waals surface area contributed by atoms with Crippen molar-refractivity contribution in [3.05, 3.63) is 21.9 Å². The van der Waals surface area contributed by atoms with Gasteiger partial charge in [0.1, 0.15) is 0 Å². The highest BCUT2D eigenvalue weighted by Crippen LogP contribution is 2.38. The Morgan fingerprint density at radius 2 is 2.29 bits per heavy atom. The highest BCUT2D eigenvalue weighted by Gasteiger charge is 2.26. The maximum atomic E-state index is 8.64. The number of nitrogens with one attached hydrogen (secondary N) is 1. The monoisotopic (exact) mass is 271 g/mol. The second-order valence-electron chi connectivity index (χ2n) is 4.37. The van der Waals surface area contributed by atoms with Crippen LogP contribution in [0.15, 0.2) is 16.6 Å². The van der Waals surface area contributed by atoms with Crippen molar-refractivity contribution in [2.75, 3.05) is 0 Å². The molecule has 0 saturated heterocycles. The predicted molar refractivity (Wildman–Crippen MR) is 73.7 cm³/mol. The molecule has 0 amide bonds. The quantitative estimate of drug-likeness (QED) is 0.224. The molecule has 17 heavy (non-hydrogen) atoms. The van der Waals surface area contributed by atoms with Crippen molar-refractivity contribution < 1.29 is 5.21 Å². The topological polar surface area (TPSA) is 70.6 Å². The molecule has 0 aromatic carbocycles. The minimum Gasteiger partial charge on any atom is -0.409 e. The Kier molecular flexibility index (Phi) is 4.31. The molecule has 0 aliphatic heterocycles. The van der Waals surface area contributed by atoms with Crippen molar-refractivity contribution in [3.8, 4) is 0 Å². The third-order valence-electron chi connectivity index (χ3n) is 3.34. The largest absolute Gasteiger partial charge is 0.409 e. The van der Waals surface area contributed by atoms with Gasteiger partial charge in [-0.15, -0.1) is 11.3 Å². The Labute approximate surface area is 110 Å². The van der Waals surface area contributed by atoms with E-state index < -0.39 is 0 Å². The van der Waals surface area contributed by atoms with E-state index in [9.17, 15) is 0 Å². The number of oxime groups is 1. The molecule has 0 spiro atoms. The summed E-state index contributed by atoms with van der Waals surface area (Å²) >= 11 is 5.86. The molecule has 0 radical (unpaired) electrons. The van der Waals surface area contributed by atoms with Gasteiger partial charge in [-0.2, -0.15) is 0 Å². The van der Waals surface area contributed by atoms with E-state index in [1.807, 2.05) is 11.4 Å². The molecule has 4 nitrogen and oxygen atoms in total. The lowest BCUT2D eigenvalue weighted by Gasteiger charge is -2.20. The van der Waals surface area contributed by atoms with Crippen LogP contribution >= 0.6 is 24.2 Å². The second-order valence-corrected chi connectivity index (χ2v) is 5.58. The fourth-order valence-corrected chi connectivity index (χ4v) is 3.88. The Morgan fingerprint density at radius 1 is 1.59 bits per heavy atom. The average molecular weight is 271 g/mol. The van der Waals surface area contributed by atoms with Gasteiger partial charge in [-0.3, -0.25) is 4.72 Å². The highest BCUT2D eigenvalue weighted by molar-refractivity contribution is 7.78. The number of nitrogens with two attached hydrogens (primary N) is 1. The molecule has 1 aliphatic rings. The molecule has 1 aromatic heterocycles. The average Bonchev–Trinajstić information content (AvgIpc) is 3.00. The lowest BCUT2D eigenvalue weighted by atomic mass is 9.97. The van der Waals surface area contributed by atoms with Crippen molar-refractivity contribution in [2.45, 2.75) is 31.7 Å². The molecule has 6 heteroatoms. The summed E-state index contributed by atoms with van der Waals surface area (Å²) in [6.45, 7) is 0. The first kappa shape index (κ1) is 12.7. The molecule has 1 saturated carbocycles. The molecule has 1 atom stereocenters. The Hall–Kier alpha value is -0.720. The summed E-state index contributed by atoms with van der Waals surface area (Å²) in [6.07, 6.45) is 5.09. The van der Waals surface area contributed by atoms with Gasteiger partial charge in [0.2, 0.25) is 0 Å². The third-order valence-corrected chi connectivity index (χ3v) is 4.63. The molecule has 2 rings (SSSR count). The zero-order valence-corrected chi connectivity index (χ0v) is 11.2. The maximum Gasteiger partial charge on any atom is 0.170 e. The Bertz CT molecular complexity index is 399.